The van der Waals surface area contributed by atoms with Gasteiger partial charge in [-0.2, -0.15) is 4.31 Å². The molecule has 4 nitrogen and oxygen atoms in total. The number of piperidine rings is 2. The summed E-state index contributed by atoms with van der Waals surface area (Å²) in [6, 6.07) is 9.35. The maximum Gasteiger partial charge on any atom is 0.214 e. The summed E-state index contributed by atoms with van der Waals surface area (Å²) < 4.78 is 27.7. The first-order chi connectivity index (χ1) is 12.1. The summed E-state index contributed by atoms with van der Waals surface area (Å²) in [6.45, 7) is 4.96. The van der Waals surface area contributed by atoms with Crippen LogP contribution in [0.2, 0.25) is 0 Å². The Bertz CT molecular complexity index is 718. The summed E-state index contributed by atoms with van der Waals surface area (Å²) in [5.41, 5.74) is 2.89. The van der Waals surface area contributed by atoms with E-state index in [0.29, 0.717) is 17.7 Å². The van der Waals surface area contributed by atoms with Gasteiger partial charge < -0.3 is 0 Å². The molecular weight excluding hydrogens is 332 g/mol. The number of sulfonamides is 1. The van der Waals surface area contributed by atoms with Gasteiger partial charge in [0.15, 0.2) is 0 Å². The highest BCUT2D eigenvalue weighted by molar-refractivity contribution is 7.89. The van der Waals surface area contributed by atoms with Gasteiger partial charge in [0, 0.05) is 31.7 Å². The van der Waals surface area contributed by atoms with Gasteiger partial charge in [-0.3, -0.25) is 4.90 Å². The molecule has 25 heavy (non-hydrogen) atoms. The van der Waals surface area contributed by atoms with Gasteiger partial charge in [-0.05, 0) is 49.1 Å². The summed E-state index contributed by atoms with van der Waals surface area (Å²) in [7, 11) is -3.12. The maximum absolute atomic E-state index is 12.9. The average molecular weight is 363 g/mol. The van der Waals surface area contributed by atoms with Crippen molar-refractivity contribution in [3.63, 3.8) is 0 Å². The van der Waals surface area contributed by atoms with Crippen molar-refractivity contribution in [2.75, 3.05) is 25.4 Å². The van der Waals surface area contributed by atoms with Crippen LogP contribution in [0.5, 0.6) is 0 Å². The van der Waals surface area contributed by atoms with Crippen LogP contribution >= 0.6 is 0 Å². The van der Waals surface area contributed by atoms with E-state index in [2.05, 4.69) is 36.1 Å². The lowest BCUT2D eigenvalue weighted by molar-refractivity contribution is 0.0220. The molecule has 3 atom stereocenters. The van der Waals surface area contributed by atoms with Crippen LogP contribution in [-0.2, 0) is 16.4 Å². The normalized spacial score (nSPS) is 30.4. The minimum absolute atomic E-state index is 0.197. The number of fused-ring (bicyclic) bond motifs is 4. The zero-order chi connectivity index (χ0) is 17.4. The maximum atomic E-state index is 12.9. The van der Waals surface area contributed by atoms with E-state index in [0.717, 1.165) is 51.7 Å². The van der Waals surface area contributed by atoms with Gasteiger partial charge in [0.05, 0.1) is 5.75 Å². The second kappa shape index (κ2) is 7.01. The minimum Gasteiger partial charge on any atom is -0.296 e. The quantitative estimate of drug-likeness (QED) is 0.826. The molecule has 3 aliphatic heterocycles. The van der Waals surface area contributed by atoms with Crippen LogP contribution in [0.25, 0.3) is 0 Å². The first kappa shape index (κ1) is 17.5. The summed E-state index contributed by atoms with van der Waals surface area (Å²) in [4.78, 5) is 2.62. The Balaban J connectivity index is 1.60. The van der Waals surface area contributed by atoms with E-state index in [1.54, 1.807) is 0 Å². The number of unbranched alkanes of at least 4 members (excludes halogenated alkanes) is 1. The molecule has 0 aromatic heterocycles. The lowest BCUT2D eigenvalue weighted by Gasteiger charge is -2.51. The fraction of sp³-hybridized carbons (Fsp3) is 0.700. The minimum atomic E-state index is -3.12. The smallest absolute Gasteiger partial charge is 0.214 e. The molecule has 1 aromatic rings. The number of rotatable bonds is 4. The Labute approximate surface area is 152 Å². The van der Waals surface area contributed by atoms with Crippen LogP contribution in [0.4, 0.5) is 0 Å². The molecule has 0 bridgehead atoms. The standard InChI is InChI=1S/C20H30N2O2S/c1-2-3-13-25(23,24)22-11-6-8-17-15-21-12-10-16-7-4-5-9-18(16)20(21)14-19(17)22/h4-5,7,9,17,19-20H,2-3,6,8,10-15H2,1H3/t17-,19+,20+/m1/s1. The fourth-order valence-corrected chi connectivity index (χ4v) is 7.11. The van der Waals surface area contributed by atoms with Gasteiger partial charge >= 0.3 is 0 Å². The van der Waals surface area contributed by atoms with Gasteiger partial charge in [-0.15, -0.1) is 0 Å². The van der Waals surface area contributed by atoms with Gasteiger partial charge in [0.2, 0.25) is 10.0 Å². The molecule has 2 fully saturated rings. The first-order valence-electron chi connectivity index (χ1n) is 9.91. The third-order valence-electron chi connectivity index (χ3n) is 6.44. The fourth-order valence-electron chi connectivity index (χ4n) is 5.14. The van der Waals surface area contributed by atoms with E-state index in [1.807, 2.05) is 4.31 Å². The van der Waals surface area contributed by atoms with Crippen molar-refractivity contribution in [2.24, 2.45) is 5.92 Å². The summed E-state index contributed by atoms with van der Waals surface area (Å²) in [6.07, 6.45) is 5.99. The third-order valence-corrected chi connectivity index (χ3v) is 8.41. The lowest BCUT2D eigenvalue weighted by atomic mass is 9.77. The molecule has 0 radical (unpaired) electrons. The Morgan fingerprint density at radius 2 is 2.04 bits per heavy atom. The molecule has 0 amide bonds. The van der Waals surface area contributed by atoms with Crippen molar-refractivity contribution in [2.45, 2.75) is 57.5 Å². The van der Waals surface area contributed by atoms with Crippen molar-refractivity contribution in [1.29, 1.82) is 0 Å². The summed E-state index contributed by atoms with van der Waals surface area (Å²) in [5.74, 6) is 0.823. The van der Waals surface area contributed by atoms with E-state index in [1.165, 1.54) is 17.5 Å². The molecule has 0 spiro atoms. The topological polar surface area (TPSA) is 40.6 Å². The van der Waals surface area contributed by atoms with Crippen LogP contribution in [0.15, 0.2) is 24.3 Å². The molecule has 0 N–H and O–H groups in total. The van der Waals surface area contributed by atoms with Crippen LogP contribution in [0, 0.1) is 5.92 Å². The molecule has 2 saturated heterocycles. The SMILES string of the molecule is CCCCS(=O)(=O)N1CCC[C@@H]2CN3CCc4ccccc4[C@@H]3C[C@@H]21. The molecule has 0 saturated carbocycles. The number of hydrogen-bond donors (Lipinski definition) is 0. The first-order valence-corrected chi connectivity index (χ1v) is 11.5. The van der Waals surface area contributed by atoms with Crippen molar-refractivity contribution in [1.82, 2.24) is 9.21 Å². The Morgan fingerprint density at radius 1 is 1.20 bits per heavy atom. The van der Waals surface area contributed by atoms with Crippen molar-refractivity contribution in [3.05, 3.63) is 35.4 Å². The van der Waals surface area contributed by atoms with E-state index < -0.39 is 10.0 Å². The lowest BCUT2D eigenvalue weighted by Crippen LogP contribution is -2.57. The Kier molecular flexibility index (Phi) is 4.91. The Hall–Kier alpha value is -0.910. The summed E-state index contributed by atoms with van der Waals surface area (Å²) >= 11 is 0. The molecule has 5 heteroatoms. The molecule has 4 rings (SSSR count). The van der Waals surface area contributed by atoms with E-state index in [-0.39, 0.29) is 6.04 Å². The molecule has 1 aromatic carbocycles. The second-order valence-corrected chi connectivity index (χ2v) is 9.99. The average Bonchev–Trinajstić information content (AvgIpc) is 2.64. The highest BCUT2D eigenvalue weighted by Gasteiger charge is 2.45. The predicted molar refractivity (Wildman–Crippen MR) is 101 cm³/mol. The monoisotopic (exact) mass is 362 g/mol. The molecular formula is C20H30N2O2S. The molecule has 3 heterocycles. The zero-order valence-corrected chi connectivity index (χ0v) is 16.0. The van der Waals surface area contributed by atoms with Crippen LogP contribution in [-0.4, -0.2) is 49.1 Å². The Morgan fingerprint density at radius 3 is 2.88 bits per heavy atom. The molecule has 0 unspecified atom stereocenters. The summed E-state index contributed by atoms with van der Waals surface area (Å²) in [5, 5.41) is 0. The highest BCUT2D eigenvalue weighted by Crippen LogP contribution is 2.43. The van der Waals surface area contributed by atoms with Crippen LogP contribution < -0.4 is 0 Å². The highest BCUT2D eigenvalue weighted by atomic mass is 32.2. The van der Waals surface area contributed by atoms with E-state index in [4.69, 9.17) is 0 Å². The van der Waals surface area contributed by atoms with Crippen molar-refractivity contribution < 1.29 is 8.42 Å². The van der Waals surface area contributed by atoms with Crippen LogP contribution in [0.1, 0.15) is 56.2 Å². The van der Waals surface area contributed by atoms with Gasteiger partial charge in [0.25, 0.3) is 0 Å². The van der Waals surface area contributed by atoms with E-state index >= 15 is 0 Å². The van der Waals surface area contributed by atoms with Crippen molar-refractivity contribution in [3.8, 4) is 0 Å². The van der Waals surface area contributed by atoms with Crippen molar-refractivity contribution >= 4 is 10.0 Å². The molecule has 138 valence electrons. The zero-order valence-electron chi connectivity index (χ0n) is 15.2. The largest absolute Gasteiger partial charge is 0.296 e. The third kappa shape index (κ3) is 3.26. The van der Waals surface area contributed by atoms with Gasteiger partial charge in [-0.1, -0.05) is 37.6 Å². The van der Waals surface area contributed by atoms with Crippen LogP contribution in [0.3, 0.4) is 0 Å². The molecule has 0 aliphatic carbocycles. The number of nitrogens with zero attached hydrogens (tertiary/aromatic N) is 2. The predicted octanol–water partition coefficient (Wildman–Crippen LogP) is 3.20. The van der Waals surface area contributed by atoms with Gasteiger partial charge in [-0.25, -0.2) is 8.42 Å². The number of benzene rings is 1. The van der Waals surface area contributed by atoms with E-state index in [9.17, 15) is 8.42 Å². The molecule has 3 aliphatic rings. The second-order valence-electron chi connectivity index (χ2n) is 7.95. The number of hydrogen-bond acceptors (Lipinski definition) is 3. The van der Waals surface area contributed by atoms with Gasteiger partial charge in [0.1, 0.15) is 0 Å².